The third-order valence-electron chi connectivity index (χ3n) is 2.51. The van der Waals surface area contributed by atoms with Gasteiger partial charge in [0.15, 0.2) is 0 Å². The second-order valence-electron chi connectivity index (χ2n) is 3.12. The Morgan fingerprint density at radius 3 is 3.36 bits per heavy atom. The summed E-state index contributed by atoms with van der Waals surface area (Å²) in [5, 5.41) is 0. The molecule has 1 aliphatic heterocycles. The highest BCUT2D eigenvalue weighted by Gasteiger charge is 2.25. The minimum Gasteiger partial charge on any atom is -0.352 e. The molecule has 0 aromatic carbocycles. The van der Waals surface area contributed by atoms with E-state index in [1.165, 1.54) is 18.5 Å². The Morgan fingerprint density at radius 1 is 1.64 bits per heavy atom. The predicted molar refractivity (Wildman–Crippen MR) is 46.9 cm³/mol. The minimum absolute atomic E-state index is 0.776. The van der Waals surface area contributed by atoms with Crippen LogP contribution in [0.2, 0.25) is 0 Å². The van der Waals surface area contributed by atoms with Gasteiger partial charge in [0.1, 0.15) is 0 Å². The average molecular weight is 147 g/mol. The number of allylic oxidation sites excluding steroid dienone is 4. The molecule has 1 atom stereocenters. The fraction of sp³-hybridized carbons (Fsp3) is 0.400. The molecule has 1 fully saturated rings. The first-order valence-electron chi connectivity index (χ1n) is 4.18. The number of fused-ring (bicyclic) bond motifs is 1. The molecule has 0 amide bonds. The summed E-state index contributed by atoms with van der Waals surface area (Å²) < 4.78 is 0. The number of hydrogen-bond acceptors (Lipinski definition) is 1. The van der Waals surface area contributed by atoms with Gasteiger partial charge in [0.25, 0.3) is 0 Å². The molecule has 0 spiro atoms. The maximum atomic E-state index is 3.79. The zero-order valence-corrected chi connectivity index (χ0v) is 6.66. The highest BCUT2D eigenvalue weighted by molar-refractivity contribution is 5.24. The van der Waals surface area contributed by atoms with Gasteiger partial charge < -0.3 is 4.90 Å². The van der Waals surface area contributed by atoms with Gasteiger partial charge in [-0.05, 0) is 25.1 Å². The summed E-state index contributed by atoms with van der Waals surface area (Å²) in [6.07, 6.45) is 11.1. The van der Waals surface area contributed by atoms with E-state index in [0.29, 0.717) is 0 Å². The fourth-order valence-electron chi connectivity index (χ4n) is 1.88. The summed E-state index contributed by atoms with van der Waals surface area (Å²) >= 11 is 0. The van der Waals surface area contributed by atoms with Crippen LogP contribution < -0.4 is 0 Å². The first-order chi connectivity index (χ1) is 5.42. The molecule has 1 heterocycles. The first-order valence-corrected chi connectivity index (χ1v) is 4.18. The quantitative estimate of drug-likeness (QED) is 0.550. The van der Waals surface area contributed by atoms with Crippen LogP contribution in [0.3, 0.4) is 0 Å². The van der Waals surface area contributed by atoms with Gasteiger partial charge in [-0.3, -0.25) is 0 Å². The second-order valence-corrected chi connectivity index (χ2v) is 3.12. The van der Waals surface area contributed by atoms with Crippen molar-refractivity contribution in [2.45, 2.75) is 12.8 Å². The van der Waals surface area contributed by atoms with E-state index in [1.807, 2.05) is 6.20 Å². The molecule has 0 bridgehead atoms. The van der Waals surface area contributed by atoms with Crippen molar-refractivity contribution in [3.63, 3.8) is 0 Å². The highest BCUT2D eigenvalue weighted by atomic mass is 15.1. The van der Waals surface area contributed by atoms with Crippen LogP contribution in [0, 0.1) is 5.92 Å². The van der Waals surface area contributed by atoms with Crippen molar-refractivity contribution in [3.8, 4) is 0 Å². The molecule has 1 saturated heterocycles. The van der Waals surface area contributed by atoms with E-state index < -0.39 is 0 Å². The lowest BCUT2D eigenvalue weighted by atomic mass is 9.97. The standard InChI is InChI=1S/C10H13N/c1-2-11-8-7-9-5-3-4-6-10(9)11/h2-4,6,9H,1,5,7-8H2. The molecule has 0 saturated carbocycles. The summed E-state index contributed by atoms with van der Waals surface area (Å²) in [7, 11) is 0. The van der Waals surface area contributed by atoms with E-state index in [2.05, 4.69) is 29.7 Å². The van der Waals surface area contributed by atoms with Crippen molar-refractivity contribution in [2.24, 2.45) is 5.92 Å². The second kappa shape index (κ2) is 2.57. The van der Waals surface area contributed by atoms with Crippen LogP contribution in [0.15, 0.2) is 36.7 Å². The smallest absolute Gasteiger partial charge is 0.0228 e. The Balaban J connectivity index is 2.25. The Morgan fingerprint density at radius 2 is 2.55 bits per heavy atom. The number of rotatable bonds is 1. The SMILES string of the molecule is C=CN1CCC2CC=CC=C21. The van der Waals surface area contributed by atoms with Gasteiger partial charge in [-0.2, -0.15) is 0 Å². The summed E-state index contributed by atoms with van der Waals surface area (Å²) in [4.78, 5) is 2.26. The molecule has 2 rings (SSSR count). The molecule has 2 aliphatic rings. The number of likely N-dealkylation sites (tertiary alicyclic amines) is 1. The Kier molecular flexibility index (Phi) is 1.57. The Labute approximate surface area is 67.7 Å². The van der Waals surface area contributed by atoms with E-state index in [0.717, 1.165) is 12.5 Å². The highest BCUT2D eigenvalue weighted by Crippen LogP contribution is 2.33. The number of nitrogens with zero attached hydrogens (tertiary/aromatic N) is 1. The van der Waals surface area contributed by atoms with E-state index >= 15 is 0 Å². The molecule has 1 nitrogen and oxygen atoms in total. The van der Waals surface area contributed by atoms with Gasteiger partial charge in [0, 0.05) is 18.2 Å². The molecule has 11 heavy (non-hydrogen) atoms. The molecule has 1 aliphatic carbocycles. The lowest BCUT2D eigenvalue weighted by Gasteiger charge is -2.18. The van der Waals surface area contributed by atoms with Crippen molar-refractivity contribution < 1.29 is 0 Å². The van der Waals surface area contributed by atoms with E-state index in [4.69, 9.17) is 0 Å². The van der Waals surface area contributed by atoms with Crippen LogP contribution >= 0.6 is 0 Å². The fourth-order valence-corrected chi connectivity index (χ4v) is 1.88. The van der Waals surface area contributed by atoms with Crippen molar-refractivity contribution in [1.82, 2.24) is 4.90 Å². The van der Waals surface area contributed by atoms with Gasteiger partial charge in [-0.1, -0.05) is 18.7 Å². The summed E-state index contributed by atoms with van der Waals surface area (Å²) in [5.74, 6) is 0.776. The summed E-state index contributed by atoms with van der Waals surface area (Å²) in [5.41, 5.74) is 1.46. The molecule has 0 aromatic heterocycles. The van der Waals surface area contributed by atoms with E-state index in [1.54, 1.807) is 0 Å². The van der Waals surface area contributed by atoms with Gasteiger partial charge in [-0.25, -0.2) is 0 Å². The van der Waals surface area contributed by atoms with Crippen molar-refractivity contribution >= 4 is 0 Å². The maximum absolute atomic E-state index is 3.79. The topological polar surface area (TPSA) is 3.24 Å². The number of hydrogen-bond donors (Lipinski definition) is 0. The van der Waals surface area contributed by atoms with Crippen LogP contribution in [0.5, 0.6) is 0 Å². The van der Waals surface area contributed by atoms with Crippen molar-refractivity contribution in [1.29, 1.82) is 0 Å². The molecule has 1 heteroatoms. The van der Waals surface area contributed by atoms with E-state index in [9.17, 15) is 0 Å². The van der Waals surface area contributed by atoms with Crippen LogP contribution in [-0.4, -0.2) is 11.4 Å². The average Bonchev–Trinajstić information content (AvgIpc) is 2.47. The lowest BCUT2D eigenvalue weighted by Crippen LogP contribution is -2.11. The van der Waals surface area contributed by atoms with Crippen LogP contribution in [0.1, 0.15) is 12.8 Å². The van der Waals surface area contributed by atoms with Gasteiger partial charge in [0.05, 0.1) is 0 Å². The van der Waals surface area contributed by atoms with Gasteiger partial charge >= 0.3 is 0 Å². The van der Waals surface area contributed by atoms with Crippen LogP contribution in [0.25, 0.3) is 0 Å². The zero-order chi connectivity index (χ0) is 7.68. The van der Waals surface area contributed by atoms with Gasteiger partial charge in [0.2, 0.25) is 0 Å². The summed E-state index contributed by atoms with van der Waals surface area (Å²) in [6, 6.07) is 0. The molecule has 0 N–H and O–H groups in total. The maximum Gasteiger partial charge on any atom is 0.0228 e. The monoisotopic (exact) mass is 147 g/mol. The van der Waals surface area contributed by atoms with Crippen LogP contribution in [-0.2, 0) is 0 Å². The molecule has 0 radical (unpaired) electrons. The Hall–Kier alpha value is -0.980. The predicted octanol–water partition coefficient (Wildman–Crippen LogP) is 2.30. The molecule has 0 aromatic rings. The van der Waals surface area contributed by atoms with Crippen LogP contribution in [0.4, 0.5) is 0 Å². The largest absolute Gasteiger partial charge is 0.352 e. The zero-order valence-electron chi connectivity index (χ0n) is 6.66. The summed E-state index contributed by atoms with van der Waals surface area (Å²) in [6.45, 7) is 4.95. The normalized spacial score (nSPS) is 28.2. The molecular weight excluding hydrogens is 134 g/mol. The molecule has 58 valence electrons. The first kappa shape index (κ1) is 6.71. The van der Waals surface area contributed by atoms with Gasteiger partial charge in [-0.15, -0.1) is 0 Å². The minimum atomic E-state index is 0.776. The third kappa shape index (κ3) is 1.01. The van der Waals surface area contributed by atoms with Crippen molar-refractivity contribution in [2.75, 3.05) is 6.54 Å². The van der Waals surface area contributed by atoms with E-state index in [-0.39, 0.29) is 0 Å². The molecule has 1 unspecified atom stereocenters. The third-order valence-corrected chi connectivity index (χ3v) is 2.51. The Bertz CT molecular complexity index is 225. The molecular formula is C10H13N. The van der Waals surface area contributed by atoms with Crippen molar-refractivity contribution in [3.05, 3.63) is 36.7 Å². The lowest BCUT2D eigenvalue weighted by molar-refractivity contribution is 0.528.